The Labute approximate surface area is 121 Å². The third-order valence-electron chi connectivity index (χ3n) is 3.30. The molecule has 2 unspecified atom stereocenters. The molecule has 1 amide bonds. The molecule has 0 saturated heterocycles. The Morgan fingerprint density at radius 3 is 2.55 bits per heavy atom. The Morgan fingerprint density at radius 1 is 1.40 bits per heavy atom. The van der Waals surface area contributed by atoms with Crippen molar-refractivity contribution in [3.05, 3.63) is 35.9 Å². The Hall–Kier alpha value is -1.86. The molecule has 108 valence electrons. The minimum atomic E-state index is -0.642. The fourth-order valence-corrected chi connectivity index (χ4v) is 2.25. The summed E-state index contributed by atoms with van der Waals surface area (Å²) in [7, 11) is 1.61. The van der Waals surface area contributed by atoms with E-state index in [4.69, 9.17) is 4.74 Å². The summed E-state index contributed by atoms with van der Waals surface area (Å²) in [5.41, 5.74) is 1.00. The van der Waals surface area contributed by atoms with Crippen molar-refractivity contribution in [3.63, 3.8) is 0 Å². The van der Waals surface area contributed by atoms with Crippen LogP contribution in [-0.2, 0) is 16.0 Å². The van der Waals surface area contributed by atoms with Gasteiger partial charge in [0.05, 0.1) is 18.7 Å². The summed E-state index contributed by atoms with van der Waals surface area (Å²) in [5, 5.41) is 9.29. The van der Waals surface area contributed by atoms with Gasteiger partial charge in [0.2, 0.25) is 5.91 Å². The van der Waals surface area contributed by atoms with Gasteiger partial charge in [0.1, 0.15) is 5.92 Å². The number of likely N-dealkylation sites (N-methyl/N-ethyl adjacent to an activating group) is 1. The first kappa shape index (κ1) is 16.2. The number of nitrogens with zero attached hydrogens (tertiary/aromatic N) is 2. The highest BCUT2D eigenvalue weighted by Crippen LogP contribution is 2.13. The highest BCUT2D eigenvalue weighted by Gasteiger charge is 2.26. The normalized spacial score (nSPS) is 13.3. The van der Waals surface area contributed by atoms with Crippen LogP contribution in [0.2, 0.25) is 0 Å². The van der Waals surface area contributed by atoms with Crippen LogP contribution in [0.1, 0.15) is 19.4 Å². The number of rotatable bonds is 7. The van der Waals surface area contributed by atoms with Gasteiger partial charge in [-0.25, -0.2) is 0 Å². The van der Waals surface area contributed by atoms with Gasteiger partial charge >= 0.3 is 0 Å². The van der Waals surface area contributed by atoms with E-state index in [2.05, 4.69) is 6.07 Å². The molecule has 0 fully saturated rings. The van der Waals surface area contributed by atoms with Crippen molar-refractivity contribution in [3.8, 4) is 6.07 Å². The van der Waals surface area contributed by atoms with Crippen molar-refractivity contribution < 1.29 is 9.53 Å². The van der Waals surface area contributed by atoms with Crippen LogP contribution in [0.3, 0.4) is 0 Å². The van der Waals surface area contributed by atoms with Crippen LogP contribution in [0.5, 0.6) is 0 Å². The number of carbonyl (C=O) groups excluding carboxylic acids is 1. The monoisotopic (exact) mass is 274 g/mol. The molecule has 0 radical (unpaired) electrons. The highest BCUT2D eigenvalue weighted by molar-refractivity contribution is 5.81. The minimum Gasteiger partial charge on any atom is -0.383 e. The lowest BCUT2D eigenvalue weighted by molar-refractivity contribution is -0.136. The Kier molecular flexibility index (Phi) is 6.75. The third kappa shape index (κ3) is 4.36. The minimum absolute atomic E-state index is 0.0240. The van der Waals surface area contributed by atoms with E-state index in [0.717, 1.165) is 5.56 Å². The predicted molar refractivity (Wildman–Crippen MR) is 78.0 cm³/mol. The molecule has 1 aromatic rings. The van der Waals surface area contributed by atoms with Crippen LogP contribution < -0.4 is 0 Å². The summed E-state index contributed by atoms with van der Waals surface area (Å²) < 4.78 is 5.09. The maximum atomic E-state index is 12.5. The topological polar surface area (TPSA) is 53.3 Å². The number of amides is 1. The van der Waals surface area contributed by atoms with Crippen LogP contribution in [0.25, 0.3) is 0 Å². The summed E-state index contributed by atoms with van der Waals surface area (Å²) in [5.74, 6) is -0.764. The molecule has 0 N–H and O–H groups in total. The summed E-state index contributed by atoms with van der Waals surface area (Å²) in [6.45, 7) is 4.91. The van der Waals surface area contributed by atoms with Crippen molar-refractivity contribution in [2.75, 3.05) is 20.3 Å². The smallest absolute Gasteiger partial charge is 0.240 e. The molecule has 2 atom stereocenters. The molecule has 1 rings (SSSR count). The molecule has 0 aromatic heterocycles. The number of carbonyl (C=O) groups is 1. The molecule has 0 heterocycles. The number of nitriles is 1. The Bertz CT molecular complexity index is 453. The lowest BCUT2D eigenvalue weighted by Gasteiger charge is -2.29. The summed E-state index contributed by atoms with van der Waals surface area (Å²) in [6, 6.07) is 11.7. The van der Waals surface area contributed by atoms with Crippen molar-refractivity contribution >= 4 is 5.91 Å². The third-order valence-corrected chi connectivity index (χ3v) is 3.30. The number of hydrogen-bond acceptors (Lipinski definition) is 3. The van der Waals surface area contributed by atoms with Gasteiger partial charge in [-0.1, -0.05) is 30.3 Å². The number of methoxy groups -OCH3 is 1. The number of benzene rings is 1. The lowest BCUT2D eigenvalue weighted by atomic mass is 9.98. The average Bonchev–Trinajstić information content (AvgIpc) is 2.46. The second-order valence-electron chi connectivity index (χ2n) is 4.80. The molecule has 0 aliphatic rings. The first-order valence-corrected chi connectivity index (χ1v) is 6.87. The summed E-state index contributed by atoms with van der Waals surface area (Å²) in [6.07, 6.45) is 0.451. The van der Waals surface area contributed by atoms with Gasteiger partial charge in [0.25, 0.3) is 0 Å². The fraction of sp³-hybridized carbons (Fsp3) is 0.500. The Balaban J connectivity index is 2.78. The molecule has 0 saturated carbocycles. The standard InChI is InChI=1S/C16H22N2O2/c1-4-18(13(2)12-20-3)16(19)15(11-17)10-14-8-6-5-7-9-14/h5-9,13,15H,4,10,12H2,1-3H3. The first-order chi connectivity index (χ1) is 9.63. The molecular weight excluding hydrogens is 252 g/mol. The maximum absolute atomic E-state index is 12.5. The molecule has 20 heavy (non-hydrogen) atoms. The van der Waals surface area contributed by atoms with Gasteiger partial charge in [-0.2, -0.15) is 5.26 Å². The number of ether oxygens (including phenoxy) is 1. The van der Waals surface area contributed by atoms with Crippen molar-refractivity contribution in [2.24, 2.45) is 5.92 Å². The highest BCUT2D eigenvalue weighted by atomic mass is 16.5. The second kappa shape index (κ2) is 8.34. The molecular formula is C16H22N2O2. The Morgan fingerprint density at radius 2 is 2.05 bits per heavy atom. The summed E-state index contributed by atoms with van der Waals surface area (Å²) in [4.78, 5) is 14.2. The van der Waals surface area contributed by atoms with Crippen LogP contribution >= 0.6 is 0 Å². The van der Waals surface area contributed by atoms with E-state index in [1.165, 1.54) is 0 Å². The van der Waals surface area contributed by atoms with E-state index in [1.807, 2.05) is 44.2 Å². The lowest BCUT2D eigenvalue weighted by Crippen LogP contribution is -2.44. The van der Waals surface area contributed by atoms with E-state index < -0.39 is 5.92 Å². The maximum Gasteiger partial charge on any atom is 0.240 e. The van der Waals surface area contributed by atoms with E-state index in [1.54, 1.807) is 12.0 Å². The molecule has 4 nitrogen and oxygen atoms in total. The van der Waals surface area contributed by atoms with Crippen molar-refractivity contribution in [1.82, 2.24) is 4.90 Å². The van der Waals surface area contributed by atoms with E-state index >= 15 is 0 Å². The van der Waals surface area contributed by atoms with Gasteiger partial charge < -0.3 is 9.64 Å². The average molecular weight is 274 g/mol. The molecule has 0 bridgehead atoms. The SMILES string of the molecule is CCN(C(=O)C(C#N)Cc1ccccc1)C(C)COC. The van der Waals surface area contributed by atoms with Crippen LogP contribution in [0.4, 0.5) is 0 Å². The zero-order valence-corrected chi connectivity index (χ0v) is 12.4. The van der Waals surface area contributed by atoms with Gasteiger partial charge in [0, 0.05) is 13.7 Å². The van der Waals surface area contributed by atoms with Crippen molar-refractivity contribution in [2.45, 2.75) is 26.3 Å². The second-order valence-corrected chi connectivity index (χ2v) is 4.80. The zero-order chi connectivity index (χ0) is 15.0. The number of hydrogen-bond donors (Lipinski definition) is 0. The molecule has 0 spiro atoms. The van der Waals surface area contributed by atoms with Crippen molar-refractivity contribution in [1.29, 1.82) is 5.26 Å². The first-order valence-electron chi connectivity index (χ1n) is 6.87. The quantitative estimate of drug-likeness (QED) is 0.766. The van der Waals surface area contributed by atoms with Gasteiger partial charge in [0.15, 0.2) is 0 Å². The van der Waals surface area contributed by atoms with E-state index in [-0.39, 0.29) is 11.9 Å². The zero-order valence-electron chi connectivity index (χ0n) is 12.4. The fourth-order valence-electron chi connectivity index (χ4n) is 2.25. The van der Waals surface area contributed by atoms with Crippen LogP contribution in [-0.4, -0.2) is 37.1 Å². The summed E-state index contributed by atoms with van der Waals surface area (Å²) >= 11 is 0. The van der Waals surface area contributed by atoms with Crippen LogP contribution in [0, 0.1) is 17.2 Å². The van der Waals surface area contributed by atoms with Gasteiger partial charge in [-0.05, 0) is 25.8 Å². The van der Waals surface area contributed by atoms with Gasteiger partial charge in [-0.3, -0.25) is 4.79 Å². The van der Waals surface area contributed by atoms with Gasteiger partial charge in [-0.15, -0.1) is 0 Å². The van der Waals surface area contributed by atoms with E-state index in [0.29, 0.717) is 19.6 Å². The predicted octanol–water partition coefficient (Wildman–Crippen LogP) is 2.25. The largest absolute Gasteiger partial charge is 0.383 e. The molecule has 0 aliphatic heterocycles. The van der Waals surface area contributed by atoms with Crippen LogP contribution in [0.15, 0.2) is 30.3 Å². The molecule has 0 aliphatic carbocycles. The molecule has 1 aromatic carbocycles. The molecule has 4 heteroatoms. The van der Waals surface area contributed by atoms with E-state index in [9.17, 15) is 10.1 Å².